The Bertz CT molecular complexity index is 484. The minimum atomic E-state index is -0.703. The topological polar surface area (TPSA) is 63.1 Å². The number of aryl methyl sites for hydroxylation is 1. The van der Waals surface area contributed by atoms with Gasteiger partial charge in [0.15, 0.2) is 5.16 Å². The summed E-state index contributed by atoms with van der Waals surface area (Å²) in [5.74, 6) is 0.487. The SMILES string of the molecule is Cc1cc(C(C)C)nc(SCC2(CC(=O)O)CC2)n1. The Hall–Kier alpha value is -1.10. The molecule has 0 bridgehead atoms. The van der Waals surface area contributed by atoms with Crippen LogP contribution < -0.4 is 0 Å². The van der Waals surface area contributed by atoms with E-state index in [9.17, 15) is 4.79 Å². The monoisotopic (exact) mass is 280 g/mol. The fourth-order valence-corrected chi connectivity index (χ4v) is 3.22. The molecule has 1 aromatic heterocycles. The molecule has 1 heterocycles. The van der Waals surface area contributed by atoms with Crippen LogP contribution in [0, 0.1) is 12.3 Å². The first-order valence-electron chi connectivity index (χ1n) is 6.60. The Labute approximate surface area is 118 Å². The van der Waals surface area contributed by atoms with Crippen molar-refractivity contribution in [2.75, 3.05) is 5.75 Å². The molecule has 19 heavy (non-hydrogen) atoms. The third-order valence-corrected chi connectivity index (χ3v) is 4.63. The van der Waals surface area contributed by atoms with E-state index in [0.717, 1.165) is 35.1 Å². The summed E-state index contributed by atoms with van der Waals surface area (Å²) < 4.78 is 0. The molecule has 0 saturated heterocycles. The van der Waals surface area contributed by atoms with Crippen molar-refractivity contribution in [3.8, 4) is 0 Å². The van der Waals surface area contributed by atoms with Gasteiger partial charge in [-0.15, -0.1) is 0 Å². The Balaban J connectivity index is 2.02. The molecule has 0 radical (unpaired) electrons. The lowest BCUT2D eigenvalue weighted by Crippen LogP contribution is -2.11. The molecular weight excluding hydrogens is 260 g/mol. The number of hydrogen-bond donors (Lipinski definition) is 1. The minimum absolute atomic E-state index is 0.0123. The fourth-order valence-electron chi connectivity index (χ4n) is 2.01. The number of hydrogen-bond acceptors (Lipinski definition) is 4. The number of carboxylic acid groups (broad SMARTS) is 1. The lowest BCUT2D eigenvalue weighted by Gasteiger charge is -2.12. The molecule has 0 atom stereocenters. The normalized spacial score (nSPS) is 16.6. The smallest absolute Gasteiger partial charge is 0.303 e. The molecule has 4 nitrogen and oxygen atoms in total. The van der Waals surface area contributed by atoms with Gasteiger partial charge in [-0.1, -0.05) is 25.6 Å². The lowest BCUT2D eigenvalue weighted by molar-refractivity contribution is -0.138. The average Bonchev–Trinajstić information content (AvgIpc) is 3.05. The predicted molar refractivity (Wildman–Crippen MR) is 75.5 cm³/mol. The Kier molecular flexibility index (Phi) is 4.13. The maximum Gasteiger partial charge on any atom is 0.303 e. The van der Waals surface area contributed by atoms with Crippen molar-refractivity contribution in [3.63, 3.8) is 0 Å². The van der Waals surface area contributed by atoms with Crippen LogP contribution in [0.1, 0.15) is 50.4 Å². The standard InChI is InChI=1S/C14H20N2O2S/c1-9(2)11-6-10(3)15-13(16-11)19-8-14(4-5-14)7-12(17)18/h6,9H,4-5,7-8H2,1-3H3,(H,17,18). The van der Waals surface area contributed by atoms with E-state index in [0.29, 0.717) is 5.92 Å². The molecule has 0 spiro atoms. The highest BCUT2D eigenvalue weighted by Crippen LogP contribution is 2.51. The molecule has 1 aliphatic carbocycles. The van der Waals surface area contributed by atoms with Gasteiger partial charge in [0.05, 0.1) is 6.42 Å². The van der Waals surface area contributed by atoms with Crippen LogP contribution in [-0.2, 0) is 4.79 Å². The number of thioether (sulfide) groups is 1. The largest absolute Gasteiger partial charge is 0.481 e. The fraction of sp³-hybridized carbons (Fsp3) is 0.643. The number of carboxylic acids is 1. The lowest BCUT2D eigenvalue weighted by atomic mass is 10.1. The molecule has 5 heteroatoms. The van der Waals surface area contributed by atoms with E-state index in [1.165, 1.54) is 0 Å². The van der Waals surface area contributed by atoms with Crippen LogP contribution in [0.4, 0.5) is 0 Å². The molecule has 0 unspecified atom stereocenters. The van der Waals surface area contributed by atoms with E-state index in [-0.39, 0.29) is 11.8 Å². The number of carbonyl (C=O) groups is 1. The maximum atomic E-state index is 10.8. The molecule has 1 N–H and O–H groups in total. The van der Waals surface area contributed by atoms with Gasteiger partial charge in [-0.25, -0.2) is 9.97 Å². The maximum absolute atomic E-state index is 10.8. The van der Waals surface area contributed by atoms with Crippen LogP contribution in [0.3, 0.4) is 0 Å². The van der Waals surface area contributed by atoms with Crippen molar-refractivity contribution in [2.24, 2.45) is 5.41 Å². The van der Waals surface area contributed by atoms with Crippen molar-refractivity contribution in [2.45, 2.75) is 51.1 Å². The van der Waals surface area contributed by atoms with Crippen LogP contribution >= 0.6 is 11.8 Å². The van der Waals surface area contributed by atoms with E-state index in [1.807, 2.05) is 13.0 Å². The molecule has 104 valence electrons. The predicted octanol–water partition coefficient (Wildman–Crippen LogP) is 3.26. The van der Waals surface area contributed by atoms with Gasteiger partial charge in [-0.05, 0) is 37.2 Å². The third-order valence-electron chi connectivity index (χ3n) is 3.44. The van der Waals surface area contributed by atoms with E-state index in [2.05, 4.69) is 23.8 Å². The van der Waals surface area contributed by atoms with Gasteiger partial charge < -0.3 is 5.11 Å². The number of aliphatic carboxylic acids is 1. The summed E-state index contributed by atoms with van der Waals surface area (Å²) in [5, 5.41) is 9.68. The Morgan fingerprint density at radius 1 is 1.47 bits per heavy atom. The molecule has 0 amide bonds. The molecule has 2 rings (SSSR count). The van der Waals surface area contributed by atoms with Crippen molar-refractivity contribution >= 4 is 17.7 Å². The quantitative estimate of drug-likeness (QED) is 0.640. The first kappa shape index (κ1) is 14.3. The van der Waals surface area contributed by atoms with E-state index < -0.39 is 5.97 Å². The van der Waals surface area contributed by atoms with E-state index in [1.54, 1.807) is 11.8 Å². The molecule has 0 aromatic carbocycles. The van der Waals surface area contributed by atoms with Crippen molar-refractivity contribution < 1.29 is 9.90 Å². The summed E-state index contributed by atoms with van der Waals surface area (Å²) in [4.78, 5) is 19.8. The second kappa shape index (κ2) is 5.49. The van der Waals surface area contributed by atoms with Crippen LogP contribution in [0.25, 0.3) is 0 Å². The van der Waals surface area contributed by atoms with Crippen LogP contribution in [0.5, 0.6) is 0 Å². The molecule has 1 fully saturated rings. The number of aromatic nitrogens is 2. The first-order valence-corrected chi connectivity index (χ1v) is 7.59. The van der Waals surface area contributed by atoms with Crippen molar-refractivity contribution in [3.05, 3.63) is 17.5 Å². The van der Waals surface area contributed by atoms with Crippen molar-refractivity contribution in [1.82, 2.24) is 9.97 Å². The Morgan fingerprint density at radius 3 is 2.68 bits per heavy atom. The average molecular weight is 280 g/mol. The molecule has 1 aromatic rings. The third kappa shape index (κ3) is 3.93. The summed E-state index contributed by atoms with van der Waals surface area (Å²) in [5.41, 5.74) is 2.02. The van der Waals surface area contributed by atoms with Crippen LogP contribution in [-0.4, -0.2) is 26.8 Å². The highest BCUT2D eigenvalue weighted by molar-refractivity contribution is 7.99. The van der Waals surface area contributed by atoms with Gasteiger partial charge >= 0.3 is 5.97 Å². The highest BCUT2D eigenvalue weighted by Gasteiger charge is 2.44. The van der Waals surface area contributed by atoms with Gasteiger partial charge in [0, 0.05) is 17.1 Å². The van der Waals surface area contributed by atoms with Gasteiger partial charge in [-0.2, -0.15) is 0 Å². The van der Waals surface area contributed by atoms with Crippen LogP contribution in [0.2, 0.25) is 0 Å². The van der Waals surface area contributed by atoms with Crippen molar-refractivity contribution in [1.29, 1.82) is 0 Å². The summed E-state index contributed by atoms with van der Waals surface area (Å²) >= 11 is 1.59. The first-order chi connectivity index (χ1) is 8.90. The Morgan fingerprint density at radius 2 is 2.16 bits per heavy atom. The van der Waals surface area contributed by atoms with Gasteiger partial charge in [0.1, 0.15) is 0 Å². The molecule has 1 aliphatic rings. The molecular formula is C14H20N2O2S. The summed E-state index contributed by atoms with van der Waals surface area (Å²) in [6.45, 7) is 6.20. The minimum Gasteiger partial charge on any atom is -0.481 e. The second-order valence-electron chi connectivity index (χ2n) is 5.73. The number of rotatable bonds is 6. The zero-order valence-electron chi connectivity index (χ0n) is 11.6. The molecule has 1 saturated carbocycles. The summed E-state index contributed by atoms with van der Waals surface area (Å²) in [6, 6.07) is 2.01. The van der Waals surface area contributed by atoms with E-state index in [4.69, 9.17) is 5.11 Å². The zero-order valence-corrected chi connectivity index (χ0v) is 12.5. The number of nitrogens with zero attached hydrogens (tertiary/aromatic N) is 2. The molecule has 0 aliphatic heterocycles. The van der Waals surface area contributed by atoms with Gasteiger partial charge in [0.25, 0.3) is 0 Å². The van der Waals surface area contributed by atoms with E-state index >= 15 is 0 Å². The zero-order chi connectivity index (χ0) is 14.0. The second-order valence-corrected chi connectivity index (χ2v) is 6.67. The van der Waals surface area contributed by atoms with Gasteiger partial charge in [-0.3, -0.25) is 4.79 Å². The van der Waals surface area contributed by atoms with Gasteiger partial charge in [0.2, 0.25) is 0 Å². The summed E-state index contributed by atoms with van der Waals surface area (Å²) in [6.07, 6.45) is 2.28. The highest BCUT2D eigenvalue weighted by atomic mass is 32.2. The van der Waals surface area contributed by atoms with Crippen LogP contribution in [0.15, 0.2) is 11.2 Å². The summed E-state index contributed by atoms with van der Waals surface area (Å²) in [7, 11) is 0.